The van der Waals surface area contributed by atoms with Gasteiger partial charge < -0.3 is 9.88 Å². The van der Waals surface area contributed by atoms with E-state index in [2.05, 4.69) is 28.1 Å². The van der Waals surface area contributed by atoms with Gasteiger partial charge in [-0.1, -0.05) is 19.8 Å². The minimum atomic E-state index is 0.717. The van der Waals surface area contributed by atoms with Gasteiger partial charge in [0.15, 0.2) is 0 Å². The van der Waals surface area contributed by atoms with E-state index >= 15 is 0 Å². The molecule has 1 aromatic rings. The van der Waals surface area contributed by atoms with Crippen molar-refractivity contribution in [2.24, 2.45) is 5.92 Å². The molecule has 2 atom stereocenters. The predicted octanol–water partition coefficient (Wildman–Crippen LogP) is 2.67. The van der Waals surface area contributed by atoms with Gasteiger partial charge >= 0.3 is 0 Å². The molecular weight excluding hydrogens is 210 g/mol. The summed E-state index contributed by atoms with van der Waals surface area (Å²) in [7, 11) is 0. The van der Waals surface area contributed by atoms with E-state index < -0.39 is 0 Å². The fourth-order valence-corrected chi connectivity index (χ4v) is 3.32. The molecule has 0 saturated heterocycles. The molecule has 1 N–H and O–H groups in total. The highest BCUT2D eigenvalue weighted by atomic mass is 15.1. The van der Waals surface area contributed by atoms with Gasteiger partial charge in [-0.05, 0) is 25.2 Å². The number of fused-ring (bicyclic) bond motifs is 1. The summed E-state index contributed by atoms with van der Waals surface area (Å²) in [5, 5.41) is 3.40. The zero-order valence-electron chi connectivity index (χ0n) is 10.8. The maximum absolute atomic E-state index is 4.58. The fourth-order valence-electron chi connectivity index (χ4n) is 3.32. The van der Waals surface area contributed by atoms with Crippen LogP contribution in [0.25, 0.3) is 0 Å². The smallest absolute Gasteiger partial charge is 0.0954 e. The maximum atomic E-state index is 4.58. The molecule has 2 unspecified atom stereocenters. The third-order valence-corrected chi connectivity index (χ3v) is 4.43. The Balaban J connectivity index is 1.81. The van der Waals surface area contributed by atoms with E-state index in [0.29, 0.717) is 6.04 Å². The Morgan fingerprint density at radius 1 is 1.29 bits per heavy atom. The highest BCUT2D eigenvalue weighted by Gasteiger charge is 2.22. The highest BCUT2D eigenvalue weighted by Crippen LogP contribution is 2.32. The zero-order chi connectivity index (χ0) is 11.7. The van der Waals surface area contributed by atoms with Gasteiger partial charge in [0.05, 0.1) is 12.0 Å². The van der Waals surface area contributed by atoms with Crippen LogP contribution in [0, 0.1) is 5.92 Å². The lowest BCUT2D eigenvalue weighted by molar-refractivity contribution is 0.417. The van der Waals surface area contributed by atoms with Crippen molar-refractivity contribution < 1.29 is 0 Å². The molecule has 0 spiro atoms. The molecule has 1 fully saturated rings. The summed E-state index contributed by atoms with van der Waals surface area (Å²) >= 11 is 0. The van der Waals surface area contributed by atoms with Crippen LogP contribution in [0.4, 0.5) is 0 Å². The fraction of sp³-hybridized carbons (Fsp3) is 0.786. The molecule has 0 radical (unpaired) electrons. The summed E-state index contributed by atoms with van der Waals surface area (Å²) in [5.74, 6) is 0.918. The summed E-state index contributed by atoms with van der Waals surface area (Å²) in [5.41, 5.74) is 2.79. The number of aromatic nitrogens is 2. The van der Waals surface area contributed by atoms with Crippen molar-refractivity contribution in [3.63, 3.8) is 0 Å². The molecule has 3 nitrogen and oxygen atoms in total. The second-order valence-electron chi connectivity index (χ2n) is 5.74. The number of rotatable bonds is 1. The van der Waals surface area contributed by atoms with Gasteiger partial charge in [-0.2, -0.15) is 0 Å². The molecule has 0 amide bonds. The van der Waals surface area contributed by atoms with Crippen molar-refractivity contribution >= 4 is 0 Å². The summed E-state index contributed by atoms with van der Waals surface area (Å²) in [4.78, 5) is 4.58. The van der Waals surface area contributed by atoms with Gasteiger partial charge in [-0.15, -0.1) is 0 Å². The van der Waals surface area contributed by atoms with Crippen LogP contribution in [0.15, 0.2) is 6.33 Å². The van der Waals surface area contributed by atoms with Crippen LogP contribution in [0.3, 0.4) is 0 Å². The number of nitrogens with zero attached hydrogens (tertiary/aromatic N) is 2. The van der Waals surface area contributed by atoms with Crippen molar-refractivity contribution in [3.05, 3.63) is 17.7 Å². The summed E-state index contributed by atoms with van der Waals surface area (Å²) < 4.78 is 2.49. The Morgan fingerprint density at radius 2 is 2.24 bits per heavy atom. The number of imidazole rings is 1. The number of hydrogen-bond donors (Lipinski definition) is 1. The third kappa shape index (κ3) is 2.25. The Hall–Kier alpha value is -0.830. The topological polar surface area (TPSA) is 29.9 Å². The van der Waals surface area contributed by atoms with Crippen molar-refractivity contribution in [1.82, 2.24) is 14.9 Å². The van der Waals surface area contributed by atoms with Crippen LogP contribution in [-0.2, 0) is 13.0 Å². The van der Waals surface area contributed by atoms with Crippen molar-refractivity contribution in [2.45, 2.75) is 58.0 Å². The quantitative estimate of drug-likeness (QED) is 0.756. The normalized spacial score (nSPS) is 29.7. The molecule has 2 heterocycles. The molecule has 3 heteroatoms. The zero-order valence-corrected chi connectivity index (χ0v) is 10.8. The van der Waals surface area contributed by atoms with Gasteiger partial charge in [0.25, 0.3) is 0 Å². The van der Waals surface area contributed by atoms with E-state index in [9.17, 15) is 0 Å². The Kier molecular flexibility index (Phi) is 3.19. The van der Waals surface area contributed by atoms with Crippen LogP contribution in [0.1, 0.15) is 56.5 Å². The third-order valence-electron chi connectivity index (χ3n) is 4.43. The van der Waals surface area contributed by atoms with Crippen molar-refractivity contribution in [3.8, 4) is 0 Å². The largest absolute Gasteiger partial charge is 0.331 e. The highest BCUT2D eigenvalue weighted by molar-refractivity contribution is 5.17. The monoisotopic (exact) mass is 233 g/mol. The van der Waals surface area contributed by atoms with Crippen LogP contribution < -0.4 is 5.32 Å². The lowest BCUT2D eigenvalue weighted by Gasteiger charge is -2.22. The molecule has 1 aliphatic carbocycles. The van der Waals surface area contributed by atoms with E-state index in [4.69, 9.17) is 0 Å². The van der Waals surface area contributed by atoms with E-state index in [1.807, 2.05) is 0 Å². The predicted molar refractivity (Wildman–Crippen MR) is 68.9 cm³/mol. The molecule has 1 saturated carbocycles. The first-order valence-corrected chi connectivity index (χ1v) is 7.10. The summed E-state index contributed by atoms with van der Waals surface area (Å²) in [6.07, 6.45) is 10.1. The second-order valence-corrected chi connectivity index (χ2v) is 5.74. The van der Waals surface area contributed by atoms with Crippen LogP contribution >= 0.6 is 0 Å². The molecule has 17 heavy (non-hydrogen) atoms. The van der Waals surface area contributed by atoms with Gasteiger partial charge in [-0.3, -0.25) is 0 Å². The average Bonchev–Trinajstić information content (AvgIpc) is 2.66. The van der Waals surface area contributed by atoms with Crippen LogP contribution in [0.5, 0.6) is 0 Å². The van der Waals surface area contributed by atoms with E-state index in [0.717, 1.165) is 25.4 Å². The van der Waals surface area contributed by atoms with Crippen molar-refractivity contribution in [2.75, 3.05) is 6.54 Å². The van der Waals surface area contributed by atoms with E-state index in [1.165, 1.54) is 43.5 Å². The Bertz CT molecular complexity index is 383. The van der Waals surface area contributed by atoms with Crippen LogP contribution in [-0.4, -0.2) is 16.1 Å². The summed E-state index contributed by atoms with van der Waals surface area (Å²) in [6, 6.07) is 0.717. The van der Waals surface area contributed by atoms with E-state index in [1.54, 1.807) is 0 Å². The molecule has 3 rings (SSSR count). The van der Waals surface area contributed by atoms with Gasteiger partial charge in [0.1, 0.15) is 0 Å². The Morgan fingerprint density at radius 3 is 3.18 bits per heavy atom. The molecule has 2 aliphatic rings. The summed E-state index contributed by atoms with van der Waals surface area (Å²) in [6.45, 7) is 4.48. The minimum Gasteiger partial charge on any atom is -0.331 e. The molecule has 0 bridgehead atoms. The number of hydrogen-bond acceptors (Lipinski definition) is 2. The first kappa shape index (κ1) is 11.3. The SMILES string of the molecule is CC1CCCC(n2cnc3c2CCNC3)CC1. The first-order chi connectivity index (χ1) is 8.34. The standard InChI is InChI=1S/C14H23N3/c1-11-3-2-4-12(6-5-11)17-10-16-13-9-15-8-7-14(13)17/h10-12,15H,2-9H2,1H3. The molecule has 0 aromatic carbocycles. The van der Waals surface area contributed by atoms with Crippen molar-refractivity contribution in [1.29, 1.82) is 0 Å². The Labute approximate surface area is 104 Å². The lowest BCUT2D eigenvalue weighted by Crippen LogP contribution is -2.26. The van der Waals surface area contributed by atoms with E-state index in [-0.39, 0.29) is 0 Å². The second kappa shape index (κ2) is 4.81. The molecule has 1 aromatic heterocycles. The lowest BCUT2D eigenvalue weighted by atomic mass is 10.0. The van der Waals surface area contributed by atoms with Crippen LogP contribution in [0.2, 0.25) is 0 Å². The molecule has 1 aliphatic heterocycles. The first-order valence-electron chi connectivity index (χ1n) is 7.10. The molecular formula is C14H23N3. The van der Waals surface area contributed by atoms with Gasteiger partial charge in [0, 0.05) is 31.2 Å². The molecule has 94 valence electrons. The average molecular weight is 233 g/mol. The van der Waals surface area contributed by atoms with Gasteiger partial charge in [-0.25, -0.2) is 4.98 Å². The van der Waals surface area contributed by atoms with Gasteiger partial charge in [0.2, 0.25) is 0 Å². The number of nitrogens with one attached hydrogen (secondary N) is 1. The maximum Gasteiger partial charge on any atom is 0.0954 e. The minimum absolute atomic E-state index is 0.717.